The van der Waals surface area contributed by atoms with Gasteiger partial charge in [0.2, 0.25) is 0 Å². The van der Waals surface area contributed by atoms with E-state index in [2.05, 4.69) is 36.0 Å². The lowest BCUT2D eigenvalue weighted by atomic mass is 9.86. The zero-order valence-corrected chi connectivity index (χ0v) is 28.6. The number of halogens is 2. The van der Waals surface area contributed by atoms with E-state index in [0.29, 0.717) is 63.4 Å². The number of hydrogen-bond acceptors (Lipinski definition) is 10. The highest BCUT2D eigenvalue weighted by molar-refractivity contribution is 6.08. The summed E-state index contributed by atoms with van der Waals surface area (Å²) in [5, 5.41) is 17.3. The van der Waals surface area contributed by atoms with Crippen LogP contribution in [0.25, 0.3) is 5.65 Å². The highest BCUT2D eigenvalue weighted by Gasteiger charge is 2.28. The average Bonchev–Trinajstić information content (AvgIpc) is 3.70. The zero-order chi connectivity index (χ0) is 34.8. The maximum atomic E-state index is 14.0. The molecule has 14 nitrogen and oxygen atoms in total. The number of anilines is 2. The molecule has 3 aromatic rings. The number of nitrogens with one attached hydrogen (secondary N) is 3. The second kappa shape index (κ2) is 17.2. The lowest BCUT2D eigenvalue weighted by molar-refractivity contribution is 0.0519. The van der Waals surface area contributed by atoms with Crippen LogP contribution < -0.4 is 20.9 Å². The third kappa shape index (κ3) is 10.5. The highest BCUT2D eigenvalue weighted by atomic mass is 19.3. The molecule has 3 aromatic heterocycles. The van der Waals surface area contributed by atoms with E-state index in [4.69, 9.17) is 14.2 Å². The number of alkyl halides is 2. The number of carbonyl (C=O) groups is 2. The van der Waals surface area contributed by atoms with Crippen LogP contribution in [0.5, 0.6) is 0 Å². The molecule has 3 N–H and O–H groups in total. The minimum atomic E-state index is -2.84. The van der Waals surface area contributed by atoms with E-state index in [1.165, 1.54) is 16.9 Å². The molecular formula is C33H49F2N9O5. The van der Waals surface area contributed by atoms with Gasteiger partial charge in [0.15, 0.2) is 11.3 Å². The summed E-state index contributed by atoms with van der Waals surface area (Å²) >= 11 is 0. The van der Waals surface area contributed by atoms with Gasteiger partial charge in [0.1, 0.15) is 17.0 Å². The Bertz CT molecular complexity index is 1510. The molecule has 0 aromatic carbocycles. The summed E-state index contributed by atoms with van der Waals surface area (Å²) < 4.78 is 47.5. The number of fused-ring (bicyclic) bond motifs is 1. The van der Waals surface area contributed by atoms with Crippen LogP contribution >= 0.6 is 0 Å². The normalized spacial score (nSPS) is 18.6. The first-order valence-corrected chi connectivity index (χ1v) is 17.2. The number of aromatic nitrogens is 5. The molecule has 1 saturated carbocycles. The molecule has 0 spiro atoms. The topological polar surface area (TPSA) is 149 Å². The number of morpholine rings is 1. The van der Waals surface area contributed by atoms with Crippen LogP contribution in [0.15, 0.2) is 24.7 Å². The van der Waals surface area contributed by atoms with Gasteiger partial charge in [0, 0.05) is 45.2 Å². The first kappa shape index (κ1) is 36.4. The molecule has 270 valence electrons. The van der Waals surface area contributed by atoms with Crippen molar-refractivity contribution in [1.29, 1.82) is 0 Å². The zero-order valence-electron chi connectivity index (χ0n) is 28.6. The van der Waals surface area contributed by atoms with Crippen molar-refractivity contribution in [3.05, 3.63) is 35.9 Å². The molecule has 0 radical (unpaired) electrons. The van der Waals surface area contributed by atoms with E-state index in [1.807, 2.05) is 26.8 Å². The van der Waals surface area contributed by atoms with E-state index in [1.54, 1.807) is 10.9 Å². The molecule has 49 heavy (non-hydrogen) atoms. The molecular weight excluding hydrogens is 640 g/mol. The fourth-order valence-electron chi connectivity index (χ4n) is 6.03. The van der Waals surface area contributed by atoms with Gasteiger partial charge in [-0.3, -0.25) is 9.48 Å². The first-order valence-electron chi connectivity index (χ1n) is 17.2. The van der Waals surface area contributed by atoms with Gasteiger partial charge in [-0.2, -0.15) is 10.2 Å². The predicted octanol–water partition coefficient (Wildman–Crippen LogP) is 4.59. The number of nitrogens with zero attached hydrogens (tertiary/aromatic N) is 6. The molecule has 1 aliphatic heterocycles. The molecule has 5 rings (SSSR count). The van der Waals surface area contributed by atoms with E-state index in [0.717, 1.165) is 51.6 Å². The number of rotatable bonds is 15. The van der Waals surface area contributed by atoms with Crippen LogP contribution in [0.3, 0.4) is 0 Å². The maximum Gasteiger partial charge on any atom is 0.407 e. The number of alkyl carbamates (subject to hydrolysis) is 1. The fraction of sp³-hybridized carbons (Fsp3) is 0.667. The smallest absolute Gasteiger partial charge is 0.407 e. The molecule has 16 heteroatoms. The quantitative estimate of drug-likeness (QED) is 0.194. The van der Waals surface area contributed by atoms with Crippen molar-refractivity contribution in [3.63, 3.8) is 0 Å². The molecule has 2 amide bonds. The Labute approximate surface area is 285 Å². The van der Waals surface area contributed by atoms with Crippen molar-refractivity contribution in [3.8, 4) is 0 Å². The minimum Gasteiger partial charge on any atom is -0.444 e. The third-order valence-electron chi connectivity index (χ3n) is 8.55. The lowest BCUT2D eigenvalue weighted by Crippen LogP contribution is -2.36. The van der Waals surface area contributed by atoms with E-state index in [9.17, 15) is 18.4 Å². The van der Waals surface area contributed by atoms with Gasteiger partial charge in [-0.15, -0.1) is 0 Å². The van der Waals surface area contributed by atoms with Gasteiger partial charge in [-0.1, -0.05) is 0 Å². The van der Waals surface area contributed by atoms with Crippen LogP contribution in [-0.2, 0) is 14.2 Å². The molecule has 2 aliphatic rings. The summed E-state index contributed by atoms with van der Waals surface area (Å²) in [5.74, 6) is 0.619. The van der Waals surface area contributed by atoms with Crippen molar-refractivity contribution in [1.82, 2.24) is 35.0 Å². The minimum absolute atomic E-state index is 0.00556. The Morgan fingerprint density at radius 2 is 1.82 bits per heavy atom. The molecule has 0 bridgehead atoms. The first-order chi connectivity index (χ1) is 23.6. The van der Waals surface area contributed by atoms with Gasteiger partial charge >= 0.3 is 6.09 Å². The third-order valence-corrected chi connectivity index (χ3v) is 8.55. The van der Waals surface area contributed by atoms with E-state index < -0.39 is 29.7 Å². The molecule has 1 saturated heterocycles. The summed E-state index contributed by atoms with van der Waals surface area (Å²) in [6, 6.07) is 1.80. The van der Waals surface area contributed by atoms with Gasteiger partial charge in [-0.25, -0.2) is 23.1 Å². The number of carbonyl (C=O) groups excluding carboxylic acids is 2. The second-order valence-corrected chi connectivity index (χ2v) is 13.5. The Morgan fingerprint density at radius 3 is 2.53 bits per heavy atom. The van der Waals surface area contributed by atoms with Crippen molar-refractivity contribution < 1.29 is 32.6 Å². The standard InChI is InChI=1S/C33H49F2N9O5/c1-33(2,3)49-32(46)37-12-5-17-47-16-4-11-36-20-23-6-8-24(9-7-23)44-22-26(28(41-44)29(34)35)39-31(45)25-21-38-43-13-10-27(40-30(25)43)42-14-18-48-19-15-42/h10,13,21-24,29,36H,4-9,11-12,14-20H2,1-3H3,(H,37,46)(H,39,45). The van der Waals surface area contributed by atoms with Crippen molar-refractivity contribution in [2.75, 3.05) is 69.4 Å². The number of amides is 2. The summed E-state index contributed by atoms with van der Waals surface area (Å²) in [5.41, 5.74) is -0.428. The summed E-state index contributed by atoms with van der Waals surface area (Å²) in [4.78, 5) is 31.7. The second-order valence-electron chi connectivity index (χ2n) is 13.5. The molecule has 0 unspecified atom stereocenters. The van der Waals surface area contributed by atoms with Crippen molar-refractivity contribution in [2.24, 2.45) is 5.92 Å². The van der Waals surface area contributed by atoms with E-state index in [-0.39, 0.29) is 17.3 Å². The maximum absolute atomic E-state index is 14.0. The summed E-state index contributed by atoms with van der Waals surface area (Å²) in [7, 11) is 0. The largest absolute Gasteiger partial charge is 0.444 e. The fourth-order valence-corrected chi connectivity index (χ4v) is 6.03. The lowest BCUT2D eigenvalue weighted by Gasteiger charge is -2.29. The van der Waals surface area contributed by atoms with Gasteiger partial charge in [0.25, 0.3) is 12.3 Å². The average molecular weight is 690 g/mol. The van der Waals surface area contributed by atoms with E-state index >= 15 is 0 Å². The summed E-state index contributed by atoms with van der Waals surface area (Å²) in [6.45, 7) is 11.5. The highest BCUT2D eigenvalue weighted by Crippen LogP contribution is 2.35. The number of hydrogen-bond donors (Lipinski definition) is 3. The summed E-state index contributed by atoms with van der Waals surface area (Å²) in [6.07, 6.45) is 6.50. The monoisotopic (exact) mass is 689 g/mol. The Balaban J connectivity index is 1.03. The van der Waals surface area contributed by atoms with Crippen molar-refractivity contribution >= 4 is 29.2 Å². The van der Waals surface area contributed by atoms with Crippen LogP contribution in [0.2, 0.25) is 0 Å². The SMILES string of the molecule is CC(C)(C)OC(=O)NCCCOCCCNCC1CCC(n2cc(NC(=O)c3cnn4ccc(N5CCOCC5)nc34)c(C(F)F)n2)CC1. The van der Waals surface area contributed by atoms with Crippen LogP contribution in [0.4, 0.5) is 25.1 Å². The Hall–Kier alpha value is -3.89. The molecule has 4 heterocycles. The molecule has 0 atom stereocenters. The van der Waals surface area contributed by atoms with Crippen LogP contribution in [-0.4, -0.2) is 101 Å². The van der Waals surface area contributed by atoms with Crippen LogP contribution in [0.1, 0.15) is 87.8 Å². The molecule has 2 fully saturated rings. The van der Waals surface area contributed by atoms with Crippen LogP contribution in [0, 0.1) is 5.92 Å². The van der Waals surface area contributed by atoms with Crippen molar-refractivity contribution in [2.45, 2.75) is 77.4 Å². The van der Waals surface area contributed by atoms with Gasteiger partial charge in [0.05, 0.1) is 31.1 Å². The van der Waals surface area contributed by atoms with Gasteiger partial charge < -0.3 is 35.1 Å². The molecule has 1 aliphatic carbocycles. The van der Waals surface area contributed by atoms with Gasteiger partial charge in [-0.05, 0) is 84.4 Å². The Kier molecular flexibility index (Phi) is 12.7. The number of ether oxygens (including phenoxy) is 3. The Morgan fingerprint density at radius 1 is 1.08 bits per heavy atom. The predicted molar refractivity (Wildman–Crippen MR) is 179 cm³/mol.